The van der Waals surface area contributed by atoms with Crippen molar-refractivity contribution in [2.45, 2.75) is 52.9 Å². The second-order valence-electron chi connectivity index (χ2n) is 7.51. The largest absolute Gasteiger partial charge is 0.396 e. The average molecular weight is 222 g/mol. The summed E-state index contributed by atoms with van der Waals surface area (Å²) in [4.78, 5) is 0. The Hall–Kier alpha value is -0.0400. The molecule has 4 bridgehead atoms. The fourth-order valence-corrected chi connectivity index (χ4v) is 5.92. The van der Waals surface area contributed by atoms with Crippen molar-refractivity contribution in [1.82, 2.24) is 0 Å². The van der Waals surface area contributed by atoms with Crippen molar-refractivity contribution in [3.8, 4) is 0 Å². The molecular weight excluding hydrogens is 196 g/mol. The van der Waals surface area contributed by atoms with Gasteiger partial charge >= 0.3 is 0 Å². The third-order valence-corrected chi connectivity index (χ3v) is 6.55. The van der Waals surface area contributed by atoms with E-state index in [1.165, 1.54) is 32.1 Å². The van der Waals surface area contributed by atoms with Gasteiger partial charge in [0.05, 0.1) is 0 Å². The van der Waals surface area contributed by atoms with Gasteiger partial charge in [-0.2, -0.15) is 0 Å². The Balaban J connectivity index is 2.04. The zero-order chi connectivity index (χ0) is 11.6. The molecule has 0 aromatic carbocycles. The summed E-state index contributed by atoms with van der Waals surface area (Å²) in [5.74, 6) is 3.25. The number of hydrogen-bond donors (Lipinski definition) is 1. The van der Waals surface area contributed by atoms with Crippen LogP contribution in [0.3, 0.4) is 0 Å². The van der Waals surface area contributed by atoms with Gasteiger partial charge in [-0.3, -0.25) is 0 Å². The van der Waals surface area contributed by atoms with Gasteiger partial charge in [0.2, 0.25) is 0 Å². The minimum atomic E-state index is 0.435. The fraction of sp³-hybridized carbons (Fsp3) is 1.00. The molecule has 3 aliphatic carbocycles. The van der Waals surface area contributed by atoms with Crippen molar-refractivity contribution in [2.24, 2.45) is 34.5 Å². The van der Waals surface area contributed by atoms with Crippen LogP contribution in [0.5, 0.6) is 0 Å². The van der Waals surface area contributed by atoms with Crippen LogP contribution >= 0.6 is 0 Å². The smallest absolute Gasteiger partial charge is 0.0467 e. The lowest BCUT2D eigenvalue weighted by Gasteiger charge is -2.40. The van der Waals surface area contributed by atoms with Crippen molar-refractivity contribution in [3.05, 3.63) is 0 Å². The highest BCUT2D eigenvalue weighted by molar-refractivity contribution is 5.12. The van der Waals surface area contributed by atoms with Gasteiger partial charge in [0.15, 0.2) is 0 Å². The first kappa shape index (κ1) is 11.1. The minimum Gasteiger partial charge on any atom is -0.396 e. The van der Waals surface area contributed by atoms with Gasteiger partial charge in [-0.05, 0) is 60.2 Å². The molecule has 3 rings (SSSR count). The molecule has 0 heterocycles. The van der Waals surface area contributed by atoms with Crippen LogP contribution < -0.4 is 0 Å². The van der Waals surface area contributed by atoms with Crippen LogP contribution in [0, 0.1) is 34.5 Å². The summed E-state index contributed by atoms with van der Waals surface area (Å²) in [6.07, 6.45) is 6.96. The van der Waals surface area contributed by atoms with Gasteiger partial charge in [-0.25, -0.2) is 0 Å². The van der Waals surface area contributed by atoms with Crippen molar-refractivity contribution in [2.75, 3.05) is 6.61 Å². The average Bonchev–Trinajstić information content (AvgIpc) is 2.68. The summed E-state index contributed by atoms with van der Waals surface area (Å²) in [6, 6.07) is 0. The molecule has 0 saturated heterocycles. The quantitative estimate of drug-likeness (QED) is 0.720. The topological polar surface area (TPSA) is 20.2 Å². The third-order valence-electron chi connectivity index (χ3n) is 6.55. The number of hydrogen-bond acceptors (Lipinski definition) is 1. The van der Waals surface area contributed by atoms with E-state index >= 15 is 0 Å². The molecule has 1 nitrogen and oxygen atoms in total. The molecule has 1 N–H and O–H groups in total. The Kier molecular flexibility index (Phi) is 2.25. The Morgan fingerprint density at radius 2 is 1.88 bits per heavy atom. The monoisotopic (exact) mass is 222 g/mol. The van der Waals surface area contributed by atoms with E-state index in [9.17, 15) is 5.11 Å². The maximum Gasteiger partial charge on any atom is 0.0467 e. The third kappa shape index (κ3) is 1.16. The molecule has 1 heteroatoms. The minimum absolute atomic E-state index is 0.435. The van der Waals surface area contributed by atoms with Gasteiger partial charge < -0.3 is 5.11 Å². The summed E-state index contributed by atoms with van der Waals surface area (Å²) in [5, 5.41) is 9.76. The van der Waals surface area contributed by atoms with Crippen LogP contribution in [0.4, 0.5) is 0 Å². The maximum atomic E-state index is 9.76. The summed E-state index contributed by atoms with van der Waals surface area (Å²) >= 11 is 0. The van der Waals surface area contributed by atoms with Crippen molar-refractivity contribution in [1.29, 1.82) is 0 Å². The van der Waals surface area contributed by atoms with Crippen LogP contribution in [0.25, 0.3) is 0 Å². The van der Waals surface area contributed by atoms with E-state index in [2.05, 4.69) is 20.8 Å². The molecular formula is C15H26O. The second-order valence-corrected chi connectivity index (χ2v) is 7.51. The highest BCUT2D eigenvalue weighted by Crippen LogP contribution is 2.70. The van der Waals surface area contributed by atoms with E-state index in [0.717, 1.165) is 17.8 Å². The van der Waals surface area contributed by atoms with E-state index in [-0.39, 0.29) is 0 Å². The molecule has 3 fully saturated rings. The van der Waals surface area contributed by atoms with Crippen LogP contribution in [0.2, 0.25) is 0 Å². The number of aliphatic hydroxyl groups is 1. The van der Waals surface area contributed by atoms with E-state index in [1.807, 2.05) is 0 Å². The summed E-state index contributed by atoms with van der Waals surface area (Å²) < 4.78 is 0. The Labute approximate surface area is 99.6 Å². The highest BCUT2D eigenvalue weighted by atomic mass is 16.3. The molecule has 2 unspecified atom stereocenters. The van der Waals surface area contributed by atoms with Crippen molar-refractivity contribution in [3.63, 3.8) is 0 Å². The van der Waals surface area contributed by atoms with Gasteiger partial charge in [0.1, 0.15) is 0 Å². The first-order valence-corrected chi connectivity index (χ1v) is 7.11. The number of aliphatic hydroxyl groups excluding tert-OH is 1. The lowest BCUT2D eigenvalue weighted by Crippen LogP contribution is -2.35. The Morgan fingerprint density at radius 1 is 1.12 bits per heavy atom. The number of rotatable bonds is 1. The molecule has 0 aromatic rings. The Morgan fingerprint density at radius 3 is 2.56 bits per heavy atom. The van der Waals surface area contributed by atoms with Crippen molar-refractivity contribution >= 4 is 0 Å². The molecule has 0 amide bonds. The summed E-state index contributed by atoms with van der Waals surface area (Å²) in [6.45, 7) is 7.87. The van der Waals surface area contributed by atoms with Gasteiger partial charge in [0.25, 0.3) is 0 Å². The first-order chi connectivity index (χ1) is 7.50. The molecule has 0 radical (unpaired) electrons. The summed E-state index contributed by atoms with van der Waals surface area (Å²) in [7, 11) is 0. The maximum absolute atomic E-state index is 9.76. The lowest BCUT2D eigenvalue weighted by atomic mass is 9.65. The van der Waals surface area contributed by atoms with Crippen LogP contribution in [0.1, 0.15) is 52.9 Å². The van der Waals surface area contributed by atoms with E-state index in [4.69, 9.17) is 0 Å². The van der Waals surface area contributed by atoms with Gasteiger partial charge in [0, 0.05) is 6.61 Å². The molecule has 0 aliphatic heterocycles. The Bertz CT molecular complexity index is 296. The molecule has 3 saturated carbocycles. The molecule has 0 aromatic heterocycles. The fourth-order valence-electron chi connectivity index (χ4n) is 5.92. The standard InChI is InChI=1S/C15H26O/c1-14(2)7-4-8-15(3)11-6-5-10(13(11)14)12(15)9-16/h10-13,16H,4-9H2,1-3H3/t10-,11?,12?,13-,15-/m1/s1. The van der Waals surface area contributed by atoms with Crippen LogP contribution in [0.15, 0.2) is 0 Å². The lowest BCUT2D eigenvalue weighted by molar-refractivity contribution is 0.0374. The van der Waals surface area contributed by atoms with E-state index < -0.39 is 0 Å². The van der Waals surface area contributed by atoms with Gasteiger partial charge in [-0.1, -0.05) is 27.2 Å². The molecule has 5 atom stereocenters. The second kappa shape index (κ2) is 3.25. The first-order valence-electron chi connectivity index (χ1n) is 7.11. The normalized spacial score (nSPS) is 54.0. The molecule has 16 heavy (non-hydrogen) atoms. The predicted molar refractivity (Wildman–Crippen MR) is 66.0 cm³/mol. The van der Waals surface area contributed by atoms with E-state index in [1.54, 1.807) is 0 Å². The zero-order valence-electron chi connectivity index (χ0n) is 11.0. The van der Waals surface area contributed by atoms with Gasteiger partial charge in [-0.15, -0.1) is 0 Å². The summed E-state index contributed by atoms with van der Waals surface area (Å²) in [5.41, 5.74) is 0.990. The highest BCUT2D eigenvalue weighted by Gasteiger charge is 2.64. The van der Waals surface area contributed by atoms with Crippen LogP contribution in [-0.2, 0) is 0 Å². The van der Waals surface area contributed by atoms with Crippen LogP contribution in [-0.4, -0.2) is 11.7 Å². The predicted octanol–water partition coefficient (Wildman–Crippen LogP) is 3.47. The van der Waals surface area contributed by atoms with Crippen molar-refractivity contribution < 1.29 is 5.11 Å². The molecule has 0 spiro atoms. The molecule has 92 valence electrons. The zero-order valence-corrected chi connectivity index (χ0v) is 11.0. The SMILES string of the molecule is CC1(C)CCC[C@@]2(C)C(CO)[C@H]3CCC2[C@@H]31. The van der Waals surface area contributed by atoms with E-state index in [0.29, 0.717) is 23.4 Å². The molecule has 3 aliphatic rings.